The fraction of sp³-hybridized carbons (Fsp3) is 0.182. The Morgan fingerprint density at radius 1 is 1.19 bits per heavy atom. The number of ether oxygens (including phenoxy) is 2. The first-order valence-corrected chi connectivity index (χ1v) is 10.5. The topological polar surface area (TPSA) is 104 Å². The number of oxazole rings is 1. The van der Waals surface area contributed by atoms with E-state index in [4.69, 9.17) is 13.9 Å². The van der Waals surface area contributed by atoms with Crippen molar-refractivity contribution in [1.29, 1.82) is 0 Å². The van der Waals surface area contributed by atoms with Crippen molar-refractivity contribution in [1.82, 2.24) is 9.97 Å². The molecule has 1 amide bonds. The van der Waals surface area contributed by atoms with Gasteiger partial charge in [0.1, 0.15) is 11.3 Å². The Bertz CT molecular complexity index is 1220. The number of amides is 1. The molecule has 8 nitrogen and oxygen atoms in total. The molecular weight excluding hydrogens is 418 g/mol. The van der Waals surface area contributed by atoms with Gasteiger partial charge in [0.2, 0.25) is 0 Å². The molecule has 4 rings (SSSR count). The lowest BCUT2D eigenvalue weighted by Gasteiger charge is -2.12. The second-order valence-electron chi connectivity index (χ2n) is 6.54. The van der Waals surface area contributed by atoms with Crippen molar-refractivity contribution in [3.63, 3.8) is 0 Å². The number of nitrogens with zero attached hydrogens (tertiary/aromatic N) is 2. The summed E-state index contributed by atoms with van der Waals surface area (Å²) in [5, 5.41) is 4.94. The number of carbonyl (C=O) groups excluding carboxylic acids is 2. The number of benzene rings is 2. The minimum absolute atomic E-state index is 0.234. The van der Waals surface area contributed by atoms with Gasteiger partial charge in [0.15, 0.2) is 23.2 Å². The van der Waals surface area contributed by atoms with Gasteiger partial charge in [-0.25, -0.2) is 14.8 Å². The highest BCUT2D eigenvalue weighted by Crippen LogP contribution is 2.27. The molecule has 2 aromatic carbocycles. The number of para-hydroxylation sites is 1. The molecule has 1 atom stereocenters. The molecule has 0 aliphatic rings. The third-order valence-corrected chi connectivity index (χ3v) is 5.19. The predicted molar refractivity (Wildman–Crippen MR) is 116 cm³/mol. The van der Waals surface area contributed by atoms with Crippen molar-refractivity contribution in [2.24, 2.45) is 0 Å². The minimum Gasteiger partial charge on any atom is -0.494 e. The summed E-state index contributed by atoms with van der Waals surface area (Å²) in [6.45, 7) is 4.02. The van der Waals surface area contributed by atoms with Crippen LogP contribution in [0.2, 0.25) is 0 Å². The molecule has 9 heteroatoms. The molecule has 31 heavy (non-hydrogen) atoms. The Labute approximate surface area is 181 Å². The highest BCUT2D eigenvalue weighted by Gasteiger charge is 2.22. The number of esters is 1. The first kappa shape index (κ1) is 20.5. The molecule has 0 saturated heterocycles. The van der Waals surface area contributed by atoms with Crippen LogP contribution >= 0.6 is 11.3 Å². The van der Waals surface area contributed by atoms with E-state index in [9.17, 15) is 9.59 Å². The first-order valence-electron chi connectivity index (χ1n) is 9.58. The van der Waals surface area contributed by atoms with Gasteiger partial charge in [0, 0.05) is 10.9 Å². The molecular formula is C22H19N3O5S. The predicted octanol–water partition coefficient (Wildman–Crippen LogP) is 4.53. The number of hydrogen-bond donors (Lipinski definition) is 1. The fourth-order valence-corrected chi connectivity index (χ4v) is 3.61. The van der Waals surface area contributed by atoms with Gasteiger partial charge in [-0.05, 0) is 50.2 Å². The standard InChI is InChI=1S/C22H19N3O5S/c1-3-28-15-9-7-14(8-10-15)17-11-31-22(24-17)25-20(26)13(2)30-21(27)16-5-4-6-18-19(16)23-12-29-18/h4-13H,3H2,1-2H3,(H,24,25,26). The molecule has 2 heterocycles. The molecule has 4 aromatic rings. The smallest absolute Gasteiger partial charge is 0.341 e. The maximum Gasteiger partial charge on any atom is 0.341 e. The molecule has 1 unspecified atom stereocenters. The average Bonchev–Trinajstić information content (AvgIpc) is 3.43. The van der Waals surface area contributed by atoms with Gasteiger partial charge in [-0.2, -0.15) is 0 Å². The Balaban J connectivity index is 1.39. The second-order valence-corrected chi connectivity index (χ2v) is 7.39. The molecule has 0 saturated carbocycles. The number of thiazole rings is 1. The SMILES string of the molecule is CCOc1ccc(-c2csc(NC(=O)C(C)OC(=O)c3cccc4ocnc34)n2)cc1. The van der Waals surface area contributed by atoms with E-state index in [1.54, 1.807) is 18.2 Å². The highest BCUT2D eigenvalue weighted by molar-refractivity contribution is 7.14. The van der Waals surface area contributed by atoms with Crippen LogP contribution in [0.1, 0.15) is 24.2 Å². The van der Waals surface area contributed by atoms with Crippen LogP contribution < -0.4 is 10.1 Å². The van der Waals surface area contributed by atoms with E-state index in [1.165, 1.54) is 24.7 Å². The zero-order valence-corrected chi connectivity index (χ0v) is 17.6. The van der Waals surface area contributed by atoms with Crippen LogP contribution in [-0.4, -0.2) is 34.6 Å². The van der Waals surface area contributed by atoms with E-state index in [0.29, 0.717) is 22.8 Å². The maximum atomic E-state index is 12.5. The third-order valence-electron chi connectivity index (χ3n) is 4.43. The van der Waals surface area contributed by atoms with Crippen LogP contribution in [0.5, 0.6) is 5.75 Å². The quantitative estimate of drug-likeness (QED) is 0.424. The molecule has 0 aliphatic carbocycles. The maximum absolute atomic E-state index is 12.5. The van der Waals surface area contributed by atoms with Crippen molar-refractivity contribution in [3.05, 3.63) is 59.8 Å². The molecule has 0 bridgehead atoms. The van der Waals surface area contributed by atoms with Gasteiger partial charge in [0.05, 0.1) is 17.9 Å². The minimum atomic E-state index is -1.02. The molecule has 1 N–H and O–H groups in total. The lowest BCUT2D eigenvalue weighted by molar-refractivity contribution is -0.123. The molecule has 0 fully saturated rings. The second kappa shape index (κ2) is 8.97. The van der Waals surface area contributed by atoms with Crippen molar-refractivity contribution < 1.29 is 23.5 Å². The van der Waals surface area contributed by atoms with E-state index >= 15 is 0 Å². The number of anilines is 1. The van der Waals surface area contributed by atoms with Gasteiger partial charge < -0.3 is 13.9 Å². The average molecular weight is 437 g/mol. The third kappa shape index (κ3) is 4.56. The van der Waals surface area contributed by atoms with Crippen molar-refractivity contribution >= 4 is 39.4 Å². The lowest BCUT2D eigenvalue weighted by atomic mass is 10.2. The van der Waals surface area contributed by atoms with Gasteiger partial charge in [-0.1, -0.05) is 6.07 Å². The highest BCUT2D eigenvalue weighted by atomic mass is 32.1. The fourth-order valence-electron chi connectivity index (χ4n) is 2.89. The summed E-state index contributed by atoms with van der Waals surface area (Å²) < 4.78 is 15.9. The van der Waals surface area contributed by atoms with Crippen LogP contribution in [0.3, 0.4) is 0 Å². The van der Waals surface area contributed by atoms with Crippen LogP contribution in [-0.2, 0) is 9.53 Å². The summed E-state index contributed by atoms with van der Waals surface area (Å²) in [5.41, 5.74) is 2.72. The summed E-state index contributed by atoms with van der Waals surface area (Å²) in [7, 11) is 0. The number of nitrogens with one attached hydrogen (secondary N) is 1. The normalized spacial score (nSPS) is 11.8. The molecule has 158 valence electrons. The number of aromatic nitrogens is 2. The monoisotopic (exact) mass is 437 g/mol. The van der Waals surface area contributed by atoms with E-state index in [2.05, 4.69) is 15.3 Å². The molecule has 2 aromatic heterocycles. The number of hydrogen-bond acceptors (Lipinski definition) is 8. The molecule has 0 aliphatic heterocycles. The van der Waals surface area contributed by atoms with Crippen molar-refractivity contribution in [2.75, 3.05) is 11.9 Å². The summed E-state index contributed by atoms with van der Waals surface area (Å²) in [6, 6.07) is 12.5. The summed E-state index contributed by atoms with van der Waals surface area (Å²) >= 11 is 1.29. The van der Waals surface area contributed by atoms with Crippen LogP contribution in [0, 0.1) is 0 Å². The van der Waals surface area contributed by atoms with Crippen LogP contribution in [0.4, 0.5) is 5.13 Å². The van der Waals surface area contributed by atoms with Crippen molar-refractivity contribution in [3.8, 4) is 17.0 Å². The summed E-state index contributed by atoms with van der Waals surface area (Å²) in [4.78, 5) is 33.4. The van der Waals surface area contributed by atoms with Crippen LogP contribution in [0.25, 0.3) is 22.4 Å². The van der Waals surface area contributed by atoms with E-state index in [-0.39, 0.29) is 5.56 Å². The Hall–Kier alpha value is -3.72. The van der Waals surface area contributed by atoms with Crippen molar-refractivity contribution in [2.45, 2.75) is 20.0 Å². The Morgan fingerprint density at radius 2 is 2.00 bits per heavy atom. The zero-order valence-electron chi connectivity index (χ0n) is 16.8. The number of fused-ring (bicyclic) bond motifs is 1. The number of rotatable bonds is 7. The zero-order chi connectivity index (χ0) is 21.8. The van der Waals surface area contributed by atoms with E-state index in [1.807, 2.05) is 36.6 Å². The summed E-state index contributed by atoms with van der Waals surface area (Å²) in [5.74, 6) is -0.350. The summed E-state index contributed by atoms with van der Waals surface area (Å²) in [6.07, 6.45) is 0.231. The van der Waals surface area contributed by atoms with E-state index < -0.39 is 18.0 Å². The van der Waals surface area contributed by atoms with Gasteiger partial charge >= 0.3 is 5.97 Å². The van der Waals surface area contributed by atoms with E-state index in [0.717, 1.165) is 17.0 Å². The van der Waals surface area contributed by atoms with Gasteiger partial charge in [-0.15, -0.1) is 11.3 Å². The number of carbonyl (C=O) groups is 2. The molecule has 0 radical (unpaired) electrons. The van der Waals surface area contributed by atoms with Gasteiger partial charge in [-0.3, -0.25) is 10.1 Å². The lowest BCUT2D eigenvalue weighted by Crippen LogP contribution is -2.30. The Kier molecular flexibility index (Phi) is 5.94. The van der Waals surface area contributed by atoms with Gasteiger partial charge in [0.25, 0.3) is 5.91 Å². The van der Waals surface area contributed by atoms with Crippen LogP contribution in [0.15, 0.2) is 58.7 Å². The Morgan fingerprint density at radius 3 is 2.77 bits per heavy atom. The first-order chi connectivity index (χ1) is 15.0. The molecule has 0 spiro atoms. The largest absolute Gasteiger partial charge is 0.494 e.